The normalized spacial score (nSPS) is 16.9. The molecular formula is C24H29FN4O2S. The first kappa shape index (κ1) is 22.6. The van der Waals surface area contributed by atoms with Crippen molar-refractivity contribution in [1.29, 1.82) is 0 Å². The van der Waals surface area contributed by atoms with E-state index in [0.29, 0.717) is 36.4 Å². The van der Waals surface area contributed by atoms with E-state index < -0.39 is 0 Å². The maximum absolute atomic E-state index is 14.0. The van der Waals surface area contributed by atoms with E-state index in [2.05, 4.69) is 28.6 Å². The molecule has 1 aromatic carbocycles. The molecule has 4 rings (SSSR count). The highest BCUT2D eigenvalue weighted by atomic mass is 32.1. The lowest BCUT2D eigenvalue weighted by Gasteiger charge is -2.16. The predicted molar refractivity (Wildman–Crippen MR) is 125 cm³/mol. The number of rotatable bonds is 11. The molecule has 2 fully saturated rings. The number of hydrogen-bond donors (Lipinski definition) is 2. The summed E-state index contributed by atoms with van der Waals surface area (Å²) in [6.45, 7) is 4.45. The van der Waals surface area contributed by atoms with Crippen molar-refractivity contribution in [2.24, 2.45) is 5.92 Å². The quantitative estimate of drug-likeness (QED) is 0.393. The number of ether oxygens (including phenoxy) is 1. The van der Waals surface area contributed by atoms with E-state index in [1.54, 1.807) is 11.1 Å². The summed E-state index contributed by atoms with van der Waals surface area (Å²) in [5, 5.41) is 6.15. The molecule has 2 aliphatic rings. The lowest BCUT2D eigenvalue weighted by atomic mass is 10.1. The van der Waals surface area contributed by atoms with Crippen LogP contribution in [0.25, 0.3) is 0 Å². The van der Waals surface area contributed by atoms with Crippen molar-refractivity contribution < 1.29 is 13.9 Å². The summed E-state index contributed by atoms with van der Waals surface area (Å²) in [7, 11) is 0. The SMILES string of the molecule is C[C@@H](NCCCc1cncc(CN2CC(=S)NC2=O)c1)c1ccc(F)c(OCC2CC2)c1. The average Bonchev–Trinajstić information content (AvgIpc) is 3.55. The second kappa shape index (κ2) is 10.4. The Morgan fingerprint density at radius 2 is 2.12 bits per heavy atom. The van der Waals surface area contributed by atoms with Crippen molar-refractivity contribution in [3.63, 3.8) is 0 Å². The molecule has 1 aromatic heterocycles. The second-order valence-corrected chi connectivity index (χ2v) is 9.13. The molecule has 1 saturated carbocycles. The molecule has 32 heavy (non-hydrogen) atoms. The molecule has 0 unspecified atom stereocenters. The second-order valence-electron chi connectivity index (χ2n) is 8.63. The monoisotopic (exact) mass is 456 g/mol. The van der Waals surface area contributed by atoms with Gasteiger partial charge in [0.25, 0.3) is 0 Å². The molecule has 0 bridgehead atoms. The van der Waals surface area contributed by atoms with Gasteiger partial charge in [-0.2, -0.15) is 0 Å². The van der Waals surface area contributed by atoms with Crippen LogP contribution in [0, 0.1) is 11.7 Å². The molecule has 2 amide bonds. The van der Waals surface area contributed by atoms with Crippen molar-refractivity contribution in [2.45, 2.75) is 45.2 Å². The van der Waals surface area contributed by atoms with Crippen LogP contribution in [0.4, 0.5) is 9.18 Å². The summed E-state index contributed by atoms with van der Waals surface area (Å²) < 4.78 is 19.7. The summed E-state index contributed by atoms with van der Waals surface area (Å²) in [6, 6.07) is 7.14. The van der Waals surface area contributed by atoms with Crippen LogP contribution in [0.5, 0.6) is 5.75 Å². The van der Waals surface area contributed by atoms with Crippen LogP contribution >= 0.6 is 12.2 Å². The Balaban J connectivity index is 1.23. The lowest BCUT2D eigenvalue weighted by molar-refractivity contribution is 0.215. The highest BCUT2D eigenvalue weighted by Gasteiger charge is 2.24. The van der Waals surface area contributed by atoms with E-state index in [9.17, 15) is 9.18 Å². The van der Waals surface area contributed by atoms with Gasteiger partial charge >= 0.3 is 6.03 Å². The van der Waals surface area contributed by atoms with Crippen LogP contribution in [0.1, 0.15) is 48.9 Å². The Bertz CT molecular complexity index is 982. The van der Waals surface area contributed by atoms with E-state index >= 15 is 0 Å². The third-order valence-electron chi connectivity index (χ3n) is 5.81. The Hall–Kier alpha value is -2.58. The van der Waals surface area contributed by atoms with Crippen molar-refractivity contribution in [3.8, 4) is 5.75 Å². The first-order chi connectivity index (χ1) is 15.5. The van der Waals surface area contributed by atoms with Crippen molar-refractivity contribution in [3.05, 3.63) is 59.2 Å². The highest BCUT2D eigenvalue weighted by Crippen LogP contribution is 2.31. The fourth-order valence-electron chi connectivity index (χ4n) is 3.72. The maximum atomic E-state index is 14.0. The first-order valence-electron chi connectivity index (χ1n) is 11.1. The highest BCUT2D eigenvalue weighted by molar-refractivity contribution is 7.80. The van der Waals surface area contributed by atoms with Gasteiger partial charge in [0.05, 0.1) is 13.2 Å². The minimum Gasteiger partial charge on any atom is -0.490 e. The third-order valence-corrected chi connectivity index (χ3v) is 6.04. The number of carbonyl (C=O) groups is 1. The largest absolute Gasteiger partial charge is 0.490 e. The molecule has 1 saturated heterocycles. The fraction of sp³-hybridized carbons (Fsp3) is 0.458. The number of urea groups is 1. The zero-order valence-electron chi connectivity index (χ0n) is 18.3. The molecular weight excluding hydrogens is 427 g/mol. The van der Waals surface area contributed by atoms with Gasteiger partial charge in [-0.05, 0) is 73.9 Å². The van der Waals surface area contributed by atoms with Gasteiger partial charge in [-0.15, -0.1) is 0 Å². The standard InChI is InChI=1S/C24H29FN4O2S/c1-16(20-6-7-21(25)22(10-20)31-15-17-4-5-17)27-8-2-3-18-9-19(12-26-11-18)13-29-14-23(32)28-24(29)30/h6-7,9-12,16-17,27H,2-5,8,13-15H2,1H3,(H,28,30,32)/t16-/m1/s1. The van der Waals surface area contributed by atoms with Crippen molar-refractivity contribution in [2.75, 3.05) is 19.7 Å². The number of aryl methyl sites for hydroxylation is 1. The van der Waals surface area contributed by atoms with Gasteiger partial charge in [-0.3, -0.25) is 4.98 Å². The van der Waals surface area contributed by atoms with Crippen LogP contribution in [0.15, 0.2) is 36.7 Å². The van der Waals surface area contributed by atoms with Gasteiger partial charge in [0.1, 0.15) is 4.99 Å². The predicted octanol–water partition coefficient (Wildman–Crippen LogP) is 4.15. The molecule has 8 heteroatoms. The number of hydrogen-bond acceptors (Lipinski definition) is 5. The Morgan fingerprint density at radius 3 is 2.88 bits per heavy atom. The Kier molecular flexibility index (Phi) is 7.32. The number of thiocarbonyl (C=S) groups is 1. The molecule has 0 radical (unpaired) electrons. The lowest BCUT2D eigenvalue weighted by Crippen LogP contribution is -2.27. The molecule has 2 N–H and O–H groups in total. The van der Waals surface area contributed by atoms with E-state index in [1.807, 2.05) is 18.3 Å². The van der Waals surface area contributed by atoms with Crippen LogP contribution in [0.2, 0.25) is 0 Å². The third kappa shape index (κ3) is 6.23. The number of nitrogens with zero attached hydrogens (tertiary/aromatic N) is 2. The van der Waals surface area contributed by atoms with Gasteiger partial charge in [0, 0.05) is 25.0 Å². The zero-order valence-corrected chi connectivity index (χ0v) is 19.1. The number of halogens is 1. The summed E-state index contributed by atoms with van der Waals surface area (Å²) in [4.78, 5) is 18.4. The van der Waals surface area contributed by atoms with Crippen molar-refractivity contribution in [1.82, 2.24) is 20.5 Å². The van der Waals surface area contributed by atoms with E-state index in [0.717, 1.165) is 36.1 Å². The molecule has 1 aliphatic carbocycles. The summed E-state index contributed by atoms with van der Waals surface area (Å²) in [6.07, 6.45) is 7.83. The molecule has 1 atom stereocenters. The molecule has 2 aromatic rings. The molecule has 1 aliphatic heterocycles. The topological polar surface area (TPSA) is 66.5 Å². The summed E-state index contributed by atoms with van der Waals surface area (Å²) >= 11 is 5.06. The number of carbonyl (C=O) groups excluding carboxylic acids is 1. The first-order valence-corrected chi connectivity index (χ1v) is 11.6. The molecule has 6 nitrogen and oxygen atoms in total. The smallest absolute Gasteiger partial charge is 0.322 e. The number of aromatic nitrogens is 1. The minimum absolute atomic E-state index is 0.0980. The van der Waals surface area contributed by atoms with Gasteiger partial charge in [0.15, 0.2) is 11.6 Å². The fourth-order valence-corrected chi connectivity index (χ4v) is 3.96. The number of benzene rings is 1. The van der Waals surface area contributed by atoms with E-state index in [1.165, 1.54) is 18.9 Å². The maximum Gasteiger partial charge on any atom is 0.322 e. The number of nitrogens with one attached hydrogen (secondary N) is 2. The summed E-state index contributed by atoms with van der Waals surface area (Å²) in [5.74, 6) is 0.632. The Labute approximate surface area is 193 Å². The van der Waals surface area contributed by atoms with Gasteiger partial charge in [-0.25, -0.2) is 9.18 Å². The van der Waals surface area contributed by atoms with E-state index in [4.69, 9.17) is 17.0 Å². The van der Waals surface area contributed by atoms with Crippen LogP contribution < -0.4 is 15.4 Å². The Morgan fingerprint density at radius 1 is 1.31 bits per heavy atom. The van der Waals surface area contributed by atoms with Gasteiger partial charge in [-0.1, -0.05) is 24.4 Å². The number of amides is 2. The number of pyridine rings is 1. The van der Waals surface area contributed by atoms with Gasteiger partial charge < -0.3 is 20.3 Å². The zero-order chi connectivity index (χ0) is 22.5. The van der Waals surface area contributed by atoms with Crippen molar-refractivity contribution >= 4 is 23.2 Å². The summed E-state index contributed by atoms with van der Waals surface area (Å²) in [5.41, 5.74) is 3.15. The van der Waals surface area contributed by atoms with Crippen LogP contribution in [0.3, 0.4) is 0 Å². The van der Waals surface area contributed by atoms with Crippen LogP contribution in [-0.4, -0.2) is 40.6 Å². The molecule has 170 valence electrons. The molecule has 0 spiro atoms. The minimum atomic E-state index is -0.304. The average molecular weight is 457 g/mol. The van der Waals surface area contributed by atoms with E-state index in [-0.39, 0.29) is 17.9 Å². The molecule has 2 heterocycles. The van der Waals surface area contributed by atoms with Gasteiger partial charge in [0.2, 0.25) is 0 Å². The van der Waals surface area contributed by atoms with Crippen LogP contribution in [-0.2, 0) is 13.0 Å².